The molecule has 1 aromatic heterocycles. The van der Waals surface area contributed by atoms with Crippen molar-refractivity contribution >= 4 is 11.8 Å². The maximum Gasteiger partial charge on any atom is 0.508 e. The zero-order chi connectivity index (χ0) is 23.4. The molecule has 172 valence electrons. The molecule has 2 heterocycles. The maximum atomic E-state index is 13.9. The van der Waals surface area contributed by atoms with Crippen molar-refractivity contribution in [2.24, 2.45) is 0 Å². The summed E-state index contributed by atoms with van der Waals surface area (Å²) in [5, 5.41) is 20.5. The molecule has 1 aromatic carbocycles. The smallest absolute Gasteiger partial charge is 0.434 e. The number of rotatable bonds is 7. The van der Waals surface area contributed by atoms with E-state index in [2.05, 4.69) is 4.98 Å². The number of aromatic amines is 1. The van der Waals surface area contributed by atoms with Gasteiger partial charge in [-0.1, -0.05) is 6.07 Å². The Morgan fingerprint density at radius 3 is 2.88 bits per heavy atom. The van der Waals surface area contributed by atoms with Gasteiger partial charge in [0.1, 0.15) is 24.3 Å². The van der Waals surface area contributed by atoms with Gasteiger partial charge < -0.3 is 19.3 Å². The van der Waals surface area contributed by atoms with Crippen LogP contribution in [0.25, 0.3) is 0 Å². The zero-order valence-corrected chi connectivity index (χ0v) is 16.9. The van der Waals surface area contributed by atoms with Gasteiger partial charge in [-0.05, 0) is 13.0 Å². The molecule has 0 aliphatic carbocycles. The first-order valence-corrected chi connectivity index (χ1v) is 9.54. The summed E-state index contributed by atoms with van der Waals surface area (Å²) in [7, 11) is 0. The Balaban J connectivity index is 1.61. The standard InChI is InChI=1S/C19H20FN3O9/c1-10-8-22(18(26)21-17(10)25)16-7-14(15(9-24)31-16)32-19(27)30-6-5-11-12(20)3-2-4-13(11)23(28)29/h2-4,8,14-16,24H,5-7,9H2,1H3,(H,21,25,26)/t14?,15-,16-/m1/s1. The van der Waals surface area contributed by atoms with Gasteiger partial charge in [0.25, 0.3) is 11.2 Å². The number of carbonyl (C=O) groups is 1. The quantitative estimate of drug-likeness (QED) is 0.353. The molecule has 0 bridgehead atoms. The molecule has 2 N–H and O–H groups in total. The van der Waals surface area contributed by atoms with Crippen LogP contribution in [0.4, 0.5) is 14.9 Å². The Bertz CT molecular complexity index is 1130. The molecule has 1 unspecified atom stereocenters. The van der Waals surface area contributed by atoms with E-state index in [0.717, 1.165) is 16.7 Å². The van der Waals surface area contributed by atoms with Gasteiger partial charge in [-0.15, -0.1) is 0 Å². The fourth-order valence-corrected chi connectivity index (χ4v) is 3.32. The predicted octanol–water partition coefficient (Wildman–Crippen LogP) is 0.937. The van der Waals surface area contributed by atoms with Gasteiger partial charge in [0.05, 0.1) is 23.7 Å². The average Bonchev–Trinajstić information content (AvgIpc) is 3.14. The number of hydrogen-bond donors (Lipinski definition) is 2. The van der Waals surface area contributed by atoms with Gasteiger partial charge in [-0.25, -0.2) is 14.0 Å². The minimum absolute atomic E-state index is 0.00942. The molecule has 3 atom stereocenters. The second-order valence-corrected chi connectivity index (χ2v) is 7.03. The van der Waals surface area contributed by atoms with Crippen molar-refractivity contribution < 1.29 is 33.4 Å². The number of aliphatic hydroxyl groups is 1. The Hall–Kier alpha value is -3.58. The number of carbonyl (C=O) groups excluding carboxylic acids is 1. The van der Waals surface area contributed by atoms with E-state index in [1.807, 2.05) is 0 Å². The number of H-pyrrole nitrogens is 1. The third kappa shape index (κ3) is 5.00. The van der Waals surface area contributed by atoms with Gasteiger partial charge in [-0.2, -0.15) is 0 Å². The van der Waals surface area contributed by atoms with Crippen LogP contribution < -0.4 is 11.2 Å². The van der Waals surface area contributed by atoms with Crippen molar-refractivity contribution in [1.82, 2.24) is 9.55 Å². The highest BCUT2D eigenvalue weighted by Crippen LogP contribution is 2.30. The number of nitro benzene ring substituents is 1. The highest BCUT2D eigenvalue weighted by atomic mass is 19.1. The van der Waals surface area contributed by atoms with Crippen molar-refractivity contribution in [3.8, 4) is 0 Å². The first kappa shape index (κ1) is 23.1. The van der Waals surface area contributed by atoms with Gasteiger partial charge in [0.15, 0.2) is 0 Å². The van der Waals surface area contributed by atoms with Gasteiger partial charge in [0.2, 0.25) is 0 Å². The predicted molar refractivity (Wildman–Crippen MR) is 105 cm³/mol. The molecule has 0 radical (unpaired) electrons. The minimum Gasteiger partial charge on any atom is -0.434 e. The van der Waals surface area contributed by atoms with E-state index in [4.69, 9.17) is 14.2 Å². The van der Waals surface area contributed by atoms with Crippen LogP contribution in [0.3, 0.4) is 0 Å². The molecule has 0 saturated carbocycles. The number of benzene rings is 1. The third-order valence-electron chi connectivity index (χ3n) is 4.93. The number of aryl methyl sites for hydroxylation is 1. The number of nitrogens with one attached hydrogen (secondary N) is 1. The van der Waals surface area contributed by atoms with E-state index in [-0.39, 0.29) is 30.6 Å². The number of ether oxygens (including phenoxy) is 3. The van der Waals surface area contributed by atoms with Gasteiger partial charge >= 0.3 is 11.8 Å². The molecule has 32 heavy (non-hydrogen) atoms. The van der Waals surface area contributed by atoms with E-state index in [9.17, 15) is 34.0 Å². The van der Waals surface area contributed by atoms with Crippen molar-refractivity contribution in [3.05, 3.63) is 72.3 Å². The SMILES string of the molecule is Cc1cn([C@H]2CC(OC(=O)OCCc3c(F)cccc3[N+](=O)[O-])[C@@H](CO)O2)c(=O)[nH]c1=O. The summed E-state index contributed by atoms with van der Waals surface area (Å²) in [4.78, 5) is 48.0. The molecule has 3 rings (SSSR count). The summed E-state index contributed by atoms with van der Waals surface area (Å²) in [6, 6.07) is 3.40. The Labute approximate surface area is 179 Å². The van der Waals surface area contributed by atoms with Crippen LogP contribution in [0.1, 0.15) is 23.8 Å². The molecule has 1 aliphatic heterocycles. The highest BCUT2D eigenvalue weighted by Gasteiger charge is 2.39. The normalized spacial score (nSPS) is 20.2. The van der Waals surface area contributed by atoms with E-state index in [1.165, 1.54) is 19.2 Å². The summed E-state index contributed by atoms with van der Waals surface area (Å²) in [6.07, 6.45) is -2.96. The largest absolute Gasteiger partial charge is 0.508 e. The number of nitro groups is 1. The highest BCUT2D eigenvalue weighted by molar-refractivity contribution is 5.60. The monoisotopic (exact) mass is 453 g/mol. The first-order valence-electron chi connectivity index (χ1n) is 9.54. The fourth-order valence-electron chi connectivity index (χ4n) is 3.32. The van der Waals surface area contributed by atoms with E-state index in [1.54, 1.807) is 0 Å². The second-order valence-electron chi connectivity index (χ2n) is 7.03. The molecule has 0 amide bonds. The van der Waals surface area contributed by atoms with Crippen LogP contribution in [-0.4, -0.2) is 51.2 Å². The third-order valence-corrected chi connectivity index (χ3v) is 4.93. The first-order chi connectivity index (χ1) is 15.2. The maximum absolute atomic E-state index is 13.9. The van der Waals surface area contributed by atoms with E-state index < -0.39 is 58.9 Å². The number of hydrogen-bond acceptors (Lipinski definition) is 9. The van der Waals surface area contributed by atoms with Crippen LogP contribution in [0, 0.1) is 22.9 Å². The Kier molecular flexibility index (Phi) is 7.00. The molecule has 0 spiro atoms. The lowest BCUT2D eigenvalue weighted by Crippen LogP contribution is -2.33. The van der Waals surface area contributed by atoms with Crippen LogP contribution in [0.5, 0.6) is 0 Å². The number of nitrogens with zero attached hydrogens (tertiary/aromatic N) is 2. The molecule has 1 aliphatic rings. The van der Waals surface area contributed by atoms with Crippen LogP contribution >= 0.6 is 0 Å². The zero-order valence-electron chi connectivity index (χ0n) is 16.9. The van der Waals surface area contributed by atoms with Crippen LogP contribution in [-0.2, 0) is 20.6 Å². The van der Waals surface area contributed by atoms with Crippen molar-refractivity contribution in [2.45, 2.75) is 38.2 Å². The molecule has 12 nitrogen and oxygen atoms in total. The lowest BCUT2D eigenvalue weighted by Gasteiger charge is -2.16. The van der Waals surface area contributed by atoms with Crippen molar-refractivity contribution in [3.63, 3.8) is 0 Å². The summed E-state index contributed by atoms with van der Waals surface area (Å²) in [5.74, 6) is -0.801. The van der Waals surface area contributed by atoms with E-state index in [0.29, 0.717) is 0 Å². The number of aromatic nitrogens is 2. The summed E-state index contributed by atoms with van der Waals surface area (Å²) >= 11 is 0. The summed E-state index contributed by atoms with van der Waals surface area (Å²) in [6.45, 7) is 0.589. The van der Waals surface area contributed by atoms with E-state index >= 15 is 0 Å². The molecular formula is C19H20FN3O9. The molecule has 1 saturated heterocycles. The molecule has 13 heteroatoms. The Morgan fingerprint density at radius 2 is 2.19 bits per heavy atom. The Morgan fingerprint density at radius 1 is 1.44 bits per heavy atom. The molecular weight excluding hydrogens is 433 g/mol. The summed E-state index contributed by atoms with van der Waals surface area (Å²) < 4.78 is 30.6. The molecule has 2 aromatic rings. The number of aliphatic hydroxyl groups excluding tert-OH is 1. The molecule has 1 fully saturated rings. The minimum atomic E-state index is -1.15. The topological polar surface area (TPSA) is 163 Å². The second kappa shape index (κ2) is 9.70. The fraction of sp³-hybridized carbons (Fsp3) is 0.421. The lowest BCUT2D eigenvalue weighted by atomic mass is 10.1. The van der Waals surface area contributed by atoms with Crippen molar-refractivity contribution in [1.29, 1.82) is 0 Å². The lowest BCUT2D eigenvalue weighted by molar-refractivity contribution is -0.385. The number of halogens is 1. The van der Waals surface area contributed by atoms with Crippen molar-refractivity contribution in [2.75, 3.05) is 13.2 Å². The van der Waals surface area contributed by atoms with Crippen LogP contribution in [0.15, 0.2) is 34.0 Å². The average molecular weight is 453 g/mol. The van der Waals surface area contributed by atoms with Gasteiger partial charge in [0, 0.05) is 30.7 Å². The van der Waals surface area contributed by atoms with Gasteiger partial charge in [-0.3, -0.25) is 24.5 Å². The summed E-state index contributed by atoms with van der Waals surface area (Å²) in [5.41, 5.74) is -1.65. The van der Waals surface area contributed by atoms with Crippen LogP contribution in [0.2, 0.25) is 0 Å².